The summed E-state index contributed by atoms with van der Waals surface area (Å²) in [4.78, 5) is 38.3. The van der Waals surface area contributed by atoms with Gasteiger partial charge in [-0.15, -0.1) is 0 Å². The number of carbonyl (C=O) groups excluding carboxylic acids is 2. The standard InChI is InChI=1S/C12H19N3O4/c1-12(2)10(18)13-5-7-15(12)11(19)14-6-3-4-8(14)9(16)17/h8H,3-7H2,1-2H3,(H,13,18)(H,16,17). The summed E-state index contributed by atoms with van der Waals surface area (Å²) in [6.45, 7) is 4.58. The third-order valence-electron chi connectivity index (χ3n) is 3.87. The lowest BCUT2D eigenvalue weighted by Gasteiger charge is -2.43. The molecule has 3 amide bonds. The molecule has 2 heterocycles. The molecule has 0 saturated carbocycles. The first-order valence-corrected chi connectivity index (χ1v) is 6.45. The van der Waals surface area contributed by atoms with Crippen LogP contribution in [0, 0.1) is 0 Å². The van der Waals surface area contributed by atoms with Crippen molar-refractivity contribution in [3.8, 4) is 0 Å². The summed E-state index contributed by atoms with van der Waals surface area (Å²) in [6.07, 6.45) is 1.16. The highest BCUT2D eigenvalue weighted by Gasteiger charge is 2.45. The Morgan fingerprint density at radius 3 is 2.68 bits per heavy atom. The van der Waals surface area contributed by atoms with Crippen molar-refractivity contribution in [2.45, 2.75) is 38.3 Å². The highest BCUT2D eigenvalue weighted by molar-refractivity contribution is 5.92. The normalized spacial score (nSPS) is 26.2. The number of carbonyl (C=O) groups is 3. The van der Waals surface area contributed by atoms with Gasteiger partial charge in [-0.25, -0.2) is 9.59 Å². The van der Waals surface area contributed by atoms with Gasteiger partial charge in [-0.3, -0.25) is 4.79 Å². The Hall–Kier alpha value is -1.79. The number of aliphatic carboxylic acids is 1. The van der Waals surface area contributed by atoms with E-state index in [-0.39, 0.29) is 11.9 Å². The Kier molecular flexibility index (Phi) is 3.38. The van der Waals surface area contributed by atoms with E-state index in [9.17, 15) is 14.4 Å². The Balaban J connectivity index is 2.19. The van der Waals surface area contributed by atoms with Crippen molar-refractivity contribution in [2.24, 2.45) is 0 Å². The van der Waals surface area contributed by atoms with Crippen molar-refractivity contribution in [1.82, 2.24) is 15.1 Å². The van der Waals surface area contributed by atoms with E-state index in [4.69, 9.17) is 5.11 Å². The maximum atomic E-state index is 12.5. The number of carboxylic acid groups (broad SMARTS) is 1. The second-order valence-electron chi connectivity index (χ2n) is 5.44. The average molecular weight is 269 g/mol. The number of likely N-dealkylation sites (tertiary alicyclic amines) is 1. The maximum Gasteiger partial charge on any atom is 0.326 e. The van der Waals surface area contributed by atoms with Gasteiger partial charge in [-0.05, 0) is 26.7 Å². The number of nitrogens with one attached hydrogen (secondary N) is 1. The molecule has 1 unspecified atom stereocenters. The smallest absolute Gasteiger partial charge is 0.326 e. The fourth-order valence-corrected chi connectivity index (χ4v) is 2.64. The molecule has 0 aromatic carbocycles. The van der Waals surface area contributed by atoms with Gasteiger partial charge in [0.15, 0.2) is 0 Å². The number of hydrogen-bond donors (Lipinski definition) is 2. The van der Waals surface area contributed by atoms with Gasteiger partial charge in [0, 0.05) is 19.6 Å². The van der Waals surface area contributed by atoms with E-state index in [1.165, 1.54) is 9.80 Å². The van der Waals surface area contributed by atoms with Gasteiger partial charge < -0.3 is 20.2 Å². The Bertz CT molecular complexity index is 421. The zero-order valence-corrected chi connectivity index (χ0v) is 11.2. The molecule has 2 N–H and O–H groups in total. The lowest BCUT2D eigenvalue weighted by Crippen LogP contribution is -2.66. The largest absolute Gasteiger partial charge is 0.480 e. The summed E-state index contributed by atoms with van der Waals surface area (Å²) in [5.41, 5.74) is -0.943. The second-order valence-corrected chi connectivity index (χ2v) is 5.44. The molecule has 0 spiro atoms. The molecule has 2 aliphatic rings. The monoisotopic (exact) mass is 269 g/mol. The molecule has 7 nitrogen and oxygen atoms in total. The number of amides is 3. The van der Waals surface area contributed by atoms with Crippen LogP contribution >= 0.6 is 0 Å². The minimum Gasteiger partial charge on any atom is -0.480 e. The molecule has 7 heteroatoms. The number of carboxylic acids is 1. The van der Waals surface area contributed by atoms with Crippen LogP contribution in [0.15, 0.2) is 0 Å². The molecular weight excluding hydrogens is 250 g/mol. The lowest BCUT2D eigenvalue weighted by molar-refractivity contribution is -0.141. The van der Waals surface area contributed by atoms with Crippen molar-refractivity contribution >= 4 is 17.9 Å². The Morgan fingerprint density at radius 2 is 2.05 bits per heavy atom. The van der Waals surface area contributed by atoms with Gasteiger partial charge in [-0.1, -0.05) is 0 Å². The third kappa shape index (κ3) is 2.24. The van der Waals surface area contributed by atoms with E-state index in [0.29, 0.717) is 32.5 Å². The summed E-state index contributed by atoms with van der Waals surface area (Å²) in [6, 6.07) is -1.13. The van der Waals surface area contributed by atoms with Crippen LogP contribution in [0.5, 0.6) is 0 Å². The quantitative estimate of drug-likeness (QED) is 0.693. The molecule has 2 fully saturated rings. The maximum absolute atomic E-state index is 12.5. The van der Waals surface area contributed by atoms with Crippen LogP contribution in [0.4, 0.5) is 4.79 Å². The van der Waals surface area contributed by atoms with Crippen LogP contribution in [0.1, 0.15) is 26.7 Å². The SMILES string of the molecule is CC1(C)C(=O)NCCN1C(=O)N1CCCC1C(=O)O. The van der Waals surface area contributed by atoms with Crippen LogP contribution in [0.25, 0.3) is 0 Å². The van der Waals surface area contributed by atoms with E-state index in [2.05, 4.69) is 5.32 Å². The molecule has 2 aliphatic heterocycles. The van der Waals surface area contributed by atoms with Crippen molar-refractivity contribution < 1.29 is 19.5 Å². The zero-order valence-electron chi connectivity index (χ0n) is 11.2. The molecule has 0 radical (unpaired) electrons. The molecule has 0 aromatic heterocycles. The third-order valence-corrected chi connectivity index (χ3v) is 3.87. The lowest BCUT2D eigenvalue weighted by atomic mass is 9.99. The predicted molar refractivity (Wildman–Crippen MR) is 66.6 cm³/mol. The summed E-state index contributed by atoms with van der Waals surface area (Å²) < 4.78 is 0. The topological polar surface area (TPSA) is 90.0 Å². The molecule has 0 bridgehead atoms. The fraction of sp³-hybridized carbons (Fsp3) is 0.750. The molecular formula is C12H19N3O4. The first kappa shape index (κ1) is 13.6. The summed E-state index contributed by atoms with van der Waals surface area (Å²) >= 11 is 0. The van der Waals surface area contributed by atoms with Crippen LogP contribution in [-0.2, 0) is 9.59 Å². The summed E-state index contributed by atoms with van der Waals surface area (Å²) in [5.74, 6) is -1.19. The summed E-state index contributed by atoms with van der Waals surface area (Å²) in [5, 5.41) is 11.8. The molecule has 2 saturated heterocycles. The van der Waals surface area contributed by atoms with E-state index >= 15 is 0 Å². The molecule has 0 aliphatic carbocycles. The fourth-order valence-electron chi connectivity index (χ4n) is 2.64. The average Bonchev–Trinajstić information content (AvgIpc) is 2.81. The van der Waals surface area contributed by atoms with Gasteiger partial charge in [0.05, 0.1) is 0 Å². The van der Waals surface area contributed by atoms with Crippen LogP contribution in [-0.4, -0.2) is 64.0 Å². The van der Waals surface area contributed by atoms with Crippen molar-refractivity contribution in [3.05, 3.63) is 0 Å². The van der Waals surface area contributed by atoms with Gasteiger partial charge in [0.2, 0.25) is 5.91 Å². The predicted octanol–water partition coefficient (Wildman–Crippen LogP) is -0.134. The number of rotatable bonds is 1. The molecule has 1 atom stereocenters. The minimum atomic E-state index is -0.981. The molecule has 19 heavy (non-hydrogen) atoms. The second kappa shape index (κ2) is 4.71. The number of piperazine rings is 1. The highest BCUT2D eigenvalue weighted by Crippen LogP contribution is 2.24. The summed E-state index contributed by atoms with van der Waals surface area (Å²) in [7, 11) is 0. The van der Waals surface area contributed by atoms with Crippen LogP contribution < -0.4 is 5.32 Å². The Labute approximate surface area is 111 Å². The van der Waals surface area contributed by atoms with Crippen LogP contribution in [0.2, 0.25) is 0 Å². The van der Waals surface area contributed by atoms with E-state index in [0.717, 1.165) is 0 Å². The highest BCUT2D eigenvalue weighted by atomic mass is 16.4. The van der Waals surface area contributed by atoms with Crippen molar-refractivity contribution in [1.29, 1.82) is 0 Å². The minimum absolute atomic E-state index is 0.210. The number of nitrogens with zero attached hydrogens (tertiary/aromatic N) is 2. The van der Waals surface area contributed by atoms with E-state index < -0.39 is 17.6 Å². The number of urea groups is 1. The van der Waals surface area contributed by atoms with Gasteiger partial charge >= 0.3 is 12.0 Å². The molecule has 106 valence electrons. The first-order valence-electron chi connectivity index (χ1n) is 6.45. The van der Waals surface area contributed by atoms with E-state index in [1.54, 1.807) is 13.8 Å². The van der Waals surface area contributed by atoms with Gasteiger partial charge in [-0.2, -0.15) is 0 Å². The number of hydrogen-bond acceptors (Lipinski definition) is 3. The Morgan fingerprint density at radius 1 is 1.37 bits per heavy atom. The van der Waals surface area contributed by atoms with Crippen molar-refractivity contribution in [2.75, 3.05) is 19.6 Å². The first-order chi connectivity index (χ1) is 8.85. The van der Waals surface area contributed by atoms with Crippen LogP contribution in [0.3, 0.4) is 0 Å². The van der Waals surface area contributed by atoms with E-state index in [1.807, 2.05) is 0 Å². The van der Waals surface area contributed by atoms with Gasteiger partial charge in [0.1, 0.15) is 11.6 Å². The van der Waals surface area contributed by atoms with Crippen molar-refractivity contribution in [3.63, 3.8) is 0 Å². The molecule has 2 rings (SSSR count). The molecule has 0 aromatic rings. The zero-order chi connectivity index (χ0) is 14.2. The van der Waals surface area contributed by atoms with Gasteiger partial charge in [0.25, 0.3) is 0 Å².